The van der Waals surface area contributed by atoms with Gasteiger partial charge in [-0.25, -0.2) is 4.98 Å². The van der Waals surface area contributed by atoms with E-state index in [0.717, 1.165) is 25.4 Å². The van der Waals surface area contributed by atoms with Crippen LogP contribution in [0.5, 0.6) is 0 Å². The summed E-state index contributed by atoms with van der Waals surface area (Å²) in [6, 6.07) is 0. The maximum Gasteiger partial charge on any atom is 0.185 e. The molecule has 0 spiro atoms. The Hall–Kier alpha value is -0.650. The maximum absolute atomic E-state index is 4.82. The Balaban J connectivity index is 1.96. The molecule has 1 fully saturated rings. The summed E-state index contributed by atoms with van der Waals surface area (Å²) >= 11 is 1.85. The van der Waals surface area contributed by atoms with E-state index in [1.807, 2.05) is 18.4 Å². The van der Waals surface area contributed by atoms with Crippen LogP contribution >= 0.6 is 11.3 Å². The Kier molecular flexibility index (Phi) is 5.81. The highest BCUT2D eigenvalue weighted by atomic mass is 32.1. The molecule has 0 bridgehead atoms. The van der Waals surface area contributed by atoms with Crippen molar-refractivity contribution in [3.8, 4) is 0 Å². The van der Waals surface area contributed by atoms with Crippen molar-refractivity contribution in [2.75, 3.05) is 45.7 Å². The molecular weight excluding hydrogens is 268 g/mol. The molecule has 5 heteroatoms. The molecule has 1 aliphatic rings. The largest absolute Gasteiger partial charge is 0.351 e. The molecule has 0 atom stereocenters. The SMILES string of the molecule is CCc1nc(N(C)CC2CCN(C)CC2)sc1CNC. The van der Waals surface area contributed by atoms with Crippen molar-refractivity contribution in [2.45, 2.75) is 32.7 Å². The first kappa shape index (κ1) is 15.7. The van der Waals surface area contributed by atoms with Gasteiger partial charge in [0.05, 0.1) is 5.69 Å². The number of rotatable bonds is 6. The molecule has 1 aromatic rings. The van der Waals surface area contributed by atoms with Crippen LogP contribution in [0.2, 0.25) is 0 Å². The maximum atomic E-state index is 4.82. The lowest BCUT2D eigenvalue weighted by Crippen LogP contribution is -2.35. The van der Waals surface area contributed by atoms with Crippen molar-refractivity contribution in [2.24, 2.45) is 5.92 Å². The quantitative estimate of drug-likeness (QED) is 0.872. The second-order valence-electron chi connectivity index (χ2n) is 5.88. The minimum atomic E-state index is 0.818. The zero-order valence-electron chi connectivity index (χ0n) is 13.3. The van der Waals surface area contributed by atoms with E-state index in [1.165, 1.54) is 41.6 Å². The van der Waals surface area contributed by atoms with Crippen molar-refractivity contribution in [3.63, 3.8) is 0 Å². The van der Waals surface area contributed by atoms with Gasteiger partial charge in [-0.2, -0.15) is 0 Å². The number of likely N-dealkylation sites (tertiary alicyclic amines) is 1. The molecule has 1 aromatic heterocycles. The second kappa shape index (κ2) is 7.38. The third kappa shape index (κ3) is 3.93. The second-order valence-corrected chi connectivity index (χ2v) is 6.94. The lowest BCUT2D eigenvalue weighted by molar-refractivity contribution is 0.222. The van der Waals surface area contributed by atoms with Crippen molar-refractivity contribution >= 4 is 16.5 Å². The fraction of sp³-hybridized carbons (Fsp3) is 0.800. The summed E-state index contributed by atoms with van der Waals surface area (Å²) in [7, 11) is 6.42. The summed E-state index contributed by atoms with van der Waals surface area (Å²) in [5, 5.41) is 4.43. The van der Waals surface area contributed by atoms with Crippen molar-refractivity contribution in [1.82, 2.24) is 15.2 Å². The van der Waals surface area contributed by atoms with Crippen LogP contribution in [0.1, 0.15) is 30.3 Å². The lowest BCUT2D eigenvalue weighted by Gasteiger charge is -2.31. The highest BCUT2D eigenvalue weighted by Gasteiger charge is 2.20. The third-order valence-corrected chi connectivity index (χ3v) is 5.35. The molecule has 1 aliphatic heterocycles. The molecule has 0 unspecified atom stereocenters. The average Bonchev–Trinajstić information content (AvgIpc) is 2.85. The molecule has 20 heavy (non-hydrogen) atoms. The van der Waals surface area contributed by atoms with Crippen LogP contribution in [0.25, 0.3) is 0 Å². The standard InChI is InChI=1S/C15H28N4S/c1-5-13-14(10-16-2)20-15(17-13)19(4)11-12-6-8-18(3)9-7-12/h12,16H,5-11H2,1-4H3. The predicted molar refractivity (Wildman–Crippen MR) is 87.7 cm³/mol. The number of aryl methyl sites for hydroxylation is 1. The van der Waals surface area contributed by atoms with Crippen molar-refractivity contribution in [1.29, 1.82) is 0 Å². The molecule has 1 N–H and O–H groups in total. The van der Waals surface area contributed by atoms with E-state index in [1.54, 1.807) is 0 Å². The number of hydrogen-bond donors (Lipinski definition) is 1. The van der Waals surface area contributed by atoms with Crippen molar-refractivity contribution in [3.05, 3.63) is 10.6 Å². The van der Waals surface area contributed by atoms with E-state index in [-0.39, 0.29) is 0 Å². The van der Waals surface area contributed by atoms with Crippen LogP contribution < -0.4 is 10.2 Å². The van der Waals surface area contributed by atoms with Crippen LogP contribution in [0, 0.1) is 5.92 Å². The van der Waals surface area contributed by atoms with Crippen LogP contribution in [-0.2, 0) is 13.0 Å². The summed E-state index contributed by atoms with van der Waals surface area (Å²) in [5.41, 5.74) is 1.26. The Bertz CT molecular complexity index is 410. The fourth-order valence-electron chi connectivity index (χ4n) is 2.82. The number of nitrogens with one attached hydrogen (secondary N) is 1. The first-order valence-electron chi connectivity index (χ1n) is 7.66. The monoisotopic (exact) mass is 296 g/mol. The number of anilines is 1. The van der Waals surface area contributed by atoms with Crippen LogP contribution in [0.3, 0.4) is 0 Å². The molecule has 0 radical (unpaired) electrons. The molecule has 0 aliphatic carbocycles. The number of thiazole rings is 1. The summed E-state index contributed by atoms with van der Waals surface area (Å²) < 4.78 is 0. The van der Waals surface area contributed by atoms with E-state index in [0.29, 0.717) is 0 Å². The predicted octanol–water partition coefficient (Wildman–Crippen LogP) is 2.20. The first-order valence-corrected chi connectivity index (χ1v) is 8.48. The van der Waals surface area contributed by atoms with E-state index < -0.39 is 0 Å². The van der Waals surface area contributed by atoms with Gasteiger partial charge in [0.2, 0.25) is 0 Å². The third-order valence-electron chi connectivity index (χ3n) is 4.14. The van der Waals surface area contributed by atoms with Gasteiger partial charge in [0.1, 0.15) is 0 Å². The minimum Gasteiger partial charge on any atom is -0.351 e. The van der Waals surface area contributed by atoms with Gasteiger partial charge >= 0.3 is 0 Å². The van der Waals surface area contributed by atoms with Gasteiger partial charge in [-0.3, -0.25) is 0 Å². The summed E-state index contributed by atoms with van der Waals surface area (Å²) in [6.45, 7) is 6.74. The topological polar surface area (TPSA) is 31.4 Å². The summed E-state index contributed by atoms with van der Waals surface area (Å²) in [5.74, 6) is 0.818. The smallest absolute Gasteiger partial charge is 0.185 e. The zero-order chi connectivity index (χ0) is 14.5. The van der Waals surface area contributed by atoms with Gasteiger partial charge in [0.25, 0.3) is 0 Å². The van der Waals surface area contributed by atoms with Gasteiger partial charge in [-0.05, 0) is 52.4 Å². The molecule has 0 amide bonds. The molecule has 2 rings (SSSR count). The average molecular weight is 296 g/mol. The number of aromatic nitrogens is 1. The number of piperidine rings is 1. The van der Waals surface area contributed by atoms with Crippen LogP contribution in [-0.4, -0.2) is 50.7 Å². The molecule has 1 saturated heterocycles. The molecule has 0 aromatic carbocycles. The lowest BCUT2D eigenvalue weighted by atomic mass is 9.97. The highest BCUT2D eigenvalue weighted by Crippen LogP contribution is 2.28. The zero-order valence-corrected chi connectivity index (χ0v) is 14.1. The number of hydrogen-bond acceptors (Lipinski definition) is 5. The van der Waals surface area contributed by atoms with E-state index in [9.17, 15) is 0 Å². The Morgan fingerprint density at radius 3 is 2.70 bits per heavy atom. The van der Waals surface area contributed by atoms with Gasteiger partial charge in [0, 0.05) is 25.0 Å². The molecule has 114 valence electrons. The summed E-state index contributed by atoms with van der Waals surface area (Å²) in [4.78, 5) is 11.0. The first-order chi connectivity index (χ1) is 9.63. The number of nitrogens with zero attached hydrogens (tertiary/aromatic N) is 3. The molecular formula is C15H28N4S. The molecule has 4 nitrogen and oxygen atoms in total. The Morgan fingerprint density at radius 1 is 1.40 bits per heavy atom. The van der Waals surface area contributed by atoms with Gasteiger partial charge < -0.3 is 15.1 Å². The van der Waals surface area contributed by atoms with Crippen LogP contribution in [0.4, 0.5) is 5.13 Å². The van der Waals surface area contributed by atoms with E-state index >= 15 is 0 Å². The van der Waals surface area contributed by atoms with Gasteiger partial charge in [-0.1, -0.05) is 6.92 Å². The van der Waals surface area contributed by atoms with Crippen LogP contribution in [0.15, 0.2) is 0 Å². The highest BCUT2D eigenvalue weighted by molar-refractivity contribution is 7.15. The van der Waals surface area contributed by atoms with Gasteiger partial charge in [0.15, 0.2) is 5.13 Å². The van der Waals surface area contributed by atoms with E-state index in [4.69, 9.17) is 4.98 Å². The minimum absolute atomic E-state index is 0.818. The van der Waals surface area contributed by atoms with E-state index in [2.05, 4.69) is 36.1 Å². The molecule has 0 saturated carbocycles. The fourth-order valence-corrected chi connectivity index (χ4v) is 3.95. The Morgan fingerprint density at radius 2 is 2.10 bits per heavy atom. The Labute approximate surface area is 127 Å². The normalized spacial score (nSPS) is 17.6. The molecule has 2 heterocycles. The van der Waals surface area contributed by atoms with Crippen molar-refractivity contribution < 1.29 is 0 Å². The van der Waals surface area contributed by atoms with Gasteiger partial charge in [-0.15, -0.1) is 11.3 Å². The summed E-state index contributed by atoms with van der Waals surface area (Å²) in [6.07, 6.45) is 3.65.